The van der Waals surface area contributed by atoms with E-state index in [1.807, 2.05) is 6.07 Å². The Labute approximate surface area is 196 Å². The smallest absolute Gasteiger partial charge is 0.248 e. The molecule has 0 bridgehead atoms. The van der Waals surface area contributed by atoms with Gasteiger partial charge in [0.2, 0.25) is 5.91 Å². The van der Waals surface area contributed by atoms with Gasteiger partial charge in [0, 0.05) is 23.4 Å². The third-order valence-corrected chi connectivity index (χ3v) is 5.21. The summed E-state index contributed by atoms with van der Waals surface area (Å²) in [4.78, 5) is 24.9. The second-order valence-corrected chi connectivity index (χ2v) is 7.35. The molecule has 1 heterocycles. The number of carbonyl (C=O) groups excluding carboxylic acids is 1. The number of fused-ring (bicyclic) bond motifs is 1. The molecule has 3 aromatic carbocycles. The largest absolute Gasteiger partial charge is 0.497 e. The van der Waals surface area contributed by atoms with Crippen LogP contribution < -0.4 is 25.0 Å². The Bertz CT molecular complexity index is 1420. The summed E-state index contributed by atoms with van der Waals surface area (Å²) in [6.07, 6.45) is 3.12. The van der Waals surface area contributed by atoms with Crippen LogP contribution in [0.5, 0.6) is 17.2 Å². The third-order valence-electron chi connectivity index (χ3n) is 5.21. The van der Waals surface area contributed by atoms with Crippen LogP contribution in [0.15, 0.2) is 82.0 Å². The molecule has 0 spiro atoms. The van der Waals surface area contributed by atoms with Crippen molar-refractivity contribution in [1.29, 1.82) is 0 Å². The van der Waals surface area contributed by atoms with Gasteiger partial charge in [-0.3, -0.25) is 9.59 Å². The van der Waals surface area contributed by atoms with Gasteiger partial charge in [0.15, 0.2) is 16.9 Å². The van der Waals surface area contributed by atoms with Gasteiger partial charge in [-0.2, -0.15) is 0 Å². The lowest BCUT2D eigenvalue weighted by atomic mass is 10.1. The molecule has 0 aliphatic rings. The maximum atomic E-state index is 12.5. The monoisotopic (exact) mass is 457 g/mol. The maximum absolute atomic E-state index is 12.5. The zero-order chi connectivity index (χ0) is 24.1. The summed E-state index contributed by atoms with van der Waals surface area (Å²) in [7, 11) is 4.67. The summed E-state index contributed by atoms with van der Waals surface area (Å²) in [6.45, 7) is 0. The first kappa shape index (κ1) is 22.7. The van der Waals surface area contributed by atoms with Crippen LogP contribution in [0.2, 0.25) is 0 Å². The normalized spacial score (nSPS) is 10.9. The average Bonchev–Trinajstić information content (AvgIpc) is 2.87. The zero-order valence-corrected chi connectivity index (χ0v) is 19.0. The summed E-state index contributed by atoms with van der Waals surface area (Å²) in [5, 5.41) is 3.26. The van der Waals surface area contributed by atoms with Crippen LogP contribution in [-0.4, -0.2) is 27.2 Å². The van der Waals surface area contributed by atoms with Crippen LogP contribution in [0, 0.1) is 0 Å². The van der Waals surface area contributed by atoms with Crippen molar-refractivity contribution in [1.82, 2.24) is 0 Å². The molecule has 0 aliphatic carbocycles. The molecule has 1 aromatic heterocycles. The molecule has 0 atom stereocenters. The number of hydrogen-bond acceptors (Lipinski definition) is 6. The van der Waals surface area contributed by atoms with E-state index in [1.165, 1.54) is 12.1 Å². The minimum atomic E-state index is -0.284. The Kier molecular flexibility index (Phi) is 6.64. The number of carbonyl (C=O) groups is 1. The molecule has 1 amide bonds. The molecule has 7 nitrogen and oxygen atoms in total. The Balaban J connectivity index is 1.47. The summed E-state index contributed by atoms with van der Waals surface area (Å²) >= 11 is 0. The van der Waals surface area contributed by atoms with Crippen molar-refractivity contribution >= 4 is 28.6 Å². The predicted molar refractivity (Wildman–Crippen MR) is 132 cm³/mol. The van der Waals surface area contributed by atoms with Gasteiger partial charge in [-0.25, -0.2) is 0 Å². The summed E-state index contributed by atoms with van der Waals surface area (Å²) in [6, 6.07) is 19.0. The molecule has 4 rings (SSSR count). The molecule has 1 N–H and O–H groups in total. The summed E-state index contributed by atoms with van der Waals surface area (Å²) < 4.78 is 21.6. The van der Waals surface area contributed by atoms with Gasteiger partial charge < -0.3 is 23.9 Å². The van der Waals surface area contributed by atoms with E-state index in [-0.39, 0.29) is 11.3 Å². The van der Waals surface area contributed by atoms with Gasteiger partial charge >= 0.3 is 0 Å². The van der Waals surface area contributed by atoms with Gasteiger partial charge in [0.25, 0.3) is 0 Å². The minimum absolute atomic E-state index is 0.159. The van der Waals surface area contributed by atoms with Crippen molar-refractivity contribution in [3.05, 3.63) is 88.6 Å². The van der Waals surface area contributed by atoms with Crippen molar-refractivity contribution < 1.29 is 23.4 Å². The fourth-order valence-corrected chi connectivity index (χ4v) is 3.43. The molecule has 0 saturated carbocycles. The van der Waals surface area contributed by atoms with Crippen LogP contribution in [0.4, 0.5) is 5.69 Å². The standard InChI is InChI=1S/C27H23NO6/c1-31-20-10-12-23-21(15-20)22(29)16-25(34-23)18-6-8-19(9-7-18)28-27(30)13-5-17-4-11-24(32-2)26(14-17)33-3/h4-16H,1-3H3,(H,28,30)/b13-5+. The Morgan fingerprint density at radius 3 is 2.32 bits per heavy atom. The molecule has 0 fully saturated rings. The zero-order valence-electron chi connectivity index (χ0n) is 19.0. The van der Waals surface area contributed by atoms with Crippen LogP contribution in [-0.2, 0) is 4.79 Å². The third kappa shape index (κ3) is 4.94. The van der Waals surface area contributed by atoms with Crippen LogP contribution in [0.3, 0.4) is 0 Å². The molecule has 34 heavy (non-hydrogen) atoms. The minimum Gasteiger partial charge on any atom is -0.497 e. The van der Waals surface area contributed by atoms with Crippen molar-refractivity contribution in [2.45, 2.75) is 0 Å². The number of nitrogens with one attached hydrogen (secondary N) is 1. The highest BCUT2D eigenvalue weighted by Crippen LogP contribution is 2.28. The SMILES string of the molecule is COc1ccc2oc(-c3ccc(NC(=O)/C=C/c4ccc(OC)c(OC)c4)cc3)cc(=O)c2c1. The van der Waals surface area contributed by atoms with Crippen molar-refractivity contribution in [2.24, 2.45) is 0 Å². The van der Waals surface area contributed by atoms with E-state index in [2.05, 4.69) is 5.32 Å². The fraction of sp³-hybridized carbons (Fsp3) is 0.111. The quantitative estimate of drug-likeness (QED) is 0.387. The second-order valence-electron chi connectivity index (χ2n) is 7.35. The average molecular weight is 457 g/mol. The highest BCUT2D eigenvalue weighted by atomic mass is 16.5. The van der Waals surface area contributed by atoms with Crippen LogP contribution in [0.1, 0.15) is 5.56 Å². The molecule has 7 heteroatoms. The summed E-state index contributed by atoms with van der Waals surface area (Å²) in [5.41, 5.74) is 2.44. The van der Waals surface area contributed by atoms with Crippen LogP contribution >= 0.6 is 0 Å². The van der Waals surface area contributed by atoms with E-state index < -0.39 is 0 Å². The van der Waals surface area contributed by atoms with Gasteiger partial charge in [0.05, 0.1) is 26.7 Å². The molecular weight excluding hydrogens is 434 g/mol. The highest BCUT2D eigenvalue weighted by molar-refractivity contribution is 6.02. The first-order valence-electron chi connectivity index (χ1n) is 10.4. The second kappa shape index (κ2) is 9.95. The molecule has 4 aromatic rings. The van der Waals surface area contributed by atoms with E-state index in [9.17, 15) is 9.59 Å². The predicted octanol–water partition coefficient (Wildman–Crippen LogP) is 5.14. The molecular formula is C27H23NO6. The lowest BCUT2D eigenvalue weighted by Crippen LogP contribution is -2.07. The van der Waals surface area contributed by atoms with Crippen molar-refractivity contribution in [3.8, 4) is 28.6 Å². The molecule has 172 valence electrons. The maximum Gasteiger partial charge on any atom is 0.248 e. The van der Waals surface area contributed by atoms with Crippen LogP contribution in [0.25, 0.3) is 28.4 Å². The number of rotatable bonds is 7. The molecule has 0 saturated heterocycles. The number of benzene rings is 3. The Morgan fingerprint density at radius 1 is 0.853 bits per heavy atom. The fourth-order valence-electron chi connectivity index (χ4n) is 3.43. The number of methoxy groups -OCH3 is 3. The van der Waals surface area contributed by atoms with E-state index in [1.54, 1.807) is 82.0 Å². The summed E-state index contributed by atoms with van der Waals surface area (Å²) in [5.74, 6) is 1.95. The lowest BCUT2D eigenvalue weighted by Gasteiger charge is -2.08. The number of anilines is 1. The van der Waals surface area contributed by atoms with E-state index in [4.69, 9.17) is 18.6 Å². The number of hydrogen-bond donors (Lipinski definition) is 1. The van der Waals surface area contributed by atoms with Crippen molar-refractivity contribution in [3.63, 3.8) is 0 Å². The van der Waals surface area contributed by atoms with Gasteiger partial charge in [0.1, 0.15) is 17.1 Å². The van der Waals surface area contributed by atoms with Crippen molar-refractivity contribution in [2.75, 3.05) is 26.6 Å². The lowest BCUT2D eigenvalue weighted by molar-refractivity contribution is -0.111. The Hall–Kier alpha value is -4.52. The van der Waals surface area contributed by atoms with E-state index >= 15 is 0 Å². The van der Waals surface area contributed by atoms with E-state index in [0.29, 0.717) is 45.2 Å². The first-order chi connectivity index (χ1) is 16.5. The molecule has 0 aliphatic heterocycles. The van der Waals surface area contributed by atoms with E-state index in [0.717, 1.165) is 5.56 Å². The van der Waals surface area contributed by atoms with Gasteiger partial charge in [-0.15, -0.1) is 0 Å². The highest BCUT2D eigenvalue weighted by Gasteiger charge is 2.09. The molecule has 0 radical (unpaired) electrons. The van der Waals surface area contributed by atoms with Gasteiger partial charge in [-0.1, -0.05) is 6.07 Å². The topological polar surface area (TPSA) is 87.0 Å². The molecule has 0 unspecified atom stereocenters. The Morgan fingerprint density at radius 2 is 1.62 bits per heavy atom. The number of ether oxygens (including phenoxy) is 3. The van der Waals surface area contributed by atoms with Gasteiger partial charge in [-0.05, 0) is 66.2 Å². The number of amides is 1. The first-order valence-corrected chi connectivity index (χ1v) is 10.4.